The molecule has 1 aliphatic heterocycles. The van der Waals surface area contributed by atoms with E-state index in [-0.39, 0.29) is 17.5 Å². The topological polar surface area (TPSA) is 64.9 Å². The van der Waals surface area contributed by atoms with Gasteiger partial charge in [-0.2, -0.15) is 5.10 Å². The Morgan fingerprint density at radius 2 is 1.95 bits per heavy atom. The third-order valence-electron chi connectivity index (χ3n) is 3.33. The van der Waals surface area contributed by atoms with Crippen LogP contribution in [0.4, 0.5) is 0 Å². The van der Waals surface area contributed by atoms with Crippen LogP contribution in [0.3, 0.4) is 0 Å². The molecule has 0 radical (unpaired) electrons. The second-order valence-corrected chi connectivity index (χ2v) is 5.07. The van der Waals surface area contributed by atoms with E-state index in [9.17, 15) is 10.2 Å². The lowest BCUT2D eigenvalue weighted by molar-refractivity contribution is 0.455. The number of benzene rings is 2. The molecule has 5 heteroatoms. The Morgan fingerprint density at radius 1 is 1.15 bits per heavy atom. The highest BCUT2D eigenvalue weighted by atomic mass is 35.5. The van der Waals surface area contributed by atoms with Crippen LogP contribution >= 0.6 is 11.6 Å². The number of aromatic hydroxyl groups is 2. The summed E-state index contributed by atoms with van der Waals surface area (Å²) in [6, 6.07) is 11.8. The van der Waals surface area contributed by atoms with E-state index < -0.39 is 0 Å². The van der Waals surface area contributed by atoms with Crippen molar-refractivity contribution < 1.29 is 10.2 Å². The van der Waals surface area contributed by atoms with Crippen molar-refractivity contribution in [3.05, 3.63) is 58.6 Å². The molecule has 0 aromatic heterocycles. The van der Waals surface area contributed by atoms with Crippen molar-refractivity contribution in [3.8, 4) is 11.5 Å². The molecule has 0 saturated heterocycles. The molecular formula is C15H13ClN2O2. The summed E-state index contributed by atoms with van der Waals surface area (Å²) < 4.78 is 0. The van der Waals surface area contributed by atoms with Gasteiger partial charge in [-0.05, 0) is 24.3 Å². The Kier molecular flexibility index (Phi) is 3.24. The van der Waals surface area contributed by atoms with Gasteiger partial charge in [-0.25, -0.2) is 0 Å². The summed E-state index contributed by atoms with van der Waals surface area (Å²) in [5, 5.41) is 24.2. The molecule has 0 spiro atoms. The lowest BCUT2D eigenvalue weighted by Crippen LogP contribution is -2.10. The molecule has 102 valence electrons. The van der Waals surface area contributed by atoms with E-state index >= 15 is 0 Å². The predicted molar refractivity (Wildman–Crippen MR) is 78.3 cm³/mol. The van der Waals surface area contributed by atoms with Crippen molar-refractivity contribution in [2.24, 2.45) is 5.10 Å². The number of nitrogens with zero attached hydrogens (tertiary/aromatic N) is 1. The van der Waals surface area contributed by atoms with Crippen molar-refractivity contribution >= 4 is 17.3 Å². The molecular weight excluding hydrogens is 276 g/mol. The third-order valence-corrected chi connectivity index (χ3v) is 3.66. The first kappa shape index (κ1) is 12.8. The van der Waals surface area contributed by atoms with Crippen molar-refractivity contribution in [1.82, 2.24) is 5.43 Å². The van der Waals surface area contributed by atoms with E-state index in [4.69, 9.17) is 11.6 Å². The maximum Gasteiger partial charge on any atom is 0.120 e. The Balaban J connectivity index is 1.86. The number of phenolic OH excluding ortho intramolecular Hbond substituents is 2. The average Bonchev–Trinajstić information content (AvgIpc) is 2.91. The molecule has 1 atom stereocenters. The molecule has 4 nitrogen and oxygen atoms in total. The van der Waals surface area contributed by atoms with E-state index in [2.05, 4.69) is 10.5 Å². The van der Waals surface area contributed by atoms with Gasteiger partial charge in [0, 0.05) is 22.6 Å². The molecule has 2 aromatic rings. The van der Waals surface area contributed by atoms with E-state index in [0.717, 1.165) is 11.3 Å². The minimum Gasteiger partial charge on any atom is -0.508 e. The maximum atomic E-state index is 9.87. The van der Waals surface area contributed by atoms with Gasteiger partial charge in [0.2, 0.25) is 0 Å². The van der Waals surface area contributed by atoms with Crippen LogP contribution in [-0.4, -0.2) is 15.9 Å². The number of halogens is 1. The predicted octanol–water partition coefficient (Wildman–Crippen LogP) is 3.19. The minimum atomic E-state index is -0.0929. The van der Waals surface area contributed by atoms with Crippen LogP contribution in [0.25, 0.3) is 0 Å². The second kappa shape index (κ2) is 5.06. The molecule has 3 N–H and O–H groups in total. The van der Waals surface area contributed by atoms with Crippen LogP contribution in [-0.2, 0) is 0 Å². The van der Waals surface area contributed by atoms with E-state index in [1.807, 2.05) is 12.1 Å². The molecule has 2 aromatic carbocycles. The first-order valence-electron chi connectivity index (χ1n) is 6.24. The SMILES string of the molecule is Oc1ccc(Cl)c(C2=NNC(c3ccccc3O)C2)c1. The summed E-state index contributed by atoms with van der Waals surface area (Å²) in [6.07, 6.45) is 0.598. The molecule has 3 rings (SSSR count). The fourth-order valence-corrected chi connectivity index (χ4v) is 2.53. The lowest BCUT2D eigenvalue weighted by Gasteiger charge is -2.11. The third kappa shape index (κ3) is 2.30. The van der Waals surface area contributed by atoms with Crippen LogP contribution in [0.5, 0.6) is 11.5 Å². The standard InChI is InChI=1S/C15H13ClN2O2/c16-12-6-5-9(19)7-11(12)14-8-13(17-18-14)10-3-1-2-4-15(10)20/h1-7,13,17,19-20H,8H2. The Morgan fingerprint density at radius 3 is 2.75 bits per heavy atom. The van der Waals surface area contributed by atoms with Gasteiger partial charge in [-0.1, -0.05) is 29.8 Å². The van der Waals surface area contributed by atoms with E-state index in [0.29, 0.717) is 17.0 Å². The van der Waals surface area contributed by atoms with Gasteiger partial charge in [0.15, 0.2) is 0 Å². The number of nitrogens with one attached hydrogen (secondary N) is 1. The minimum absolute atomic E-state index is 0.0929. The van der Waals surface area contributed by atoms with Gasteiger partial charge >= 0.3 is 0 Å². The molecule has 0 bridgehead atoms. The van der Waals surface area contributed by atoms with Crippen molar-refractivity contribution in [1.29, 1.82) is 0 Å². The summed E-state index contributed by atoms with van der Waals surface area (Å²) in [5.74, 6) is 0.390. The lowest BCUT2D eigenvalue weighted by atomic mass is 9.98. The summed E-state index contributed by atoms with van der Waals surface area (Å²) in [4.78, 5) is 0. The normalized spacial score (nSPS) is 17.6. The highest BCUT2D eigenvalue weighted by Gasteiger charge is 2.24. The summed E-state index contributed by atoms with van der Waals surface area (Å²) in [6.45, 7) is 0. The zero-order chi connectivity index (χ0) is 14.1. The summed E-state index contributed by atoms with van der Waals surface area (Å²) in [5.41, 5.74) is 5.26. The van der Waals surface area contributed by atoms with E-state index in [1.165, 1.54) is 6.07 Å². The fraction of sp³-hybridized carbons (Fsp3) is 0.133. The Labute approximate surface area is 121 Å². The molecule has 1 heterocycles. The number of rotatable bonds is 2. The molecule has 0 saturated carbocycles. The van der Waals surface area contributed by atoms with Crippen LogP contribution in [0.1, 0.15) is 23.6 Å². The van der Waals surface area contributed by atoms with Gasteiger partial charge in [0.05, 0.1) is 11.8 Å². The van der Waals surface area contributed by atoms with Crippen LogP contribution in [0.15, 0.2) is 47.6 Å². The van der Waals surface area contributed by atoms with Crippen molar-refractivity contribution in [3.63, 3.8) is 0 Å². The highest BCUT2D eigenvalue weighted by molar-refractivity contribution is 6.34. The van der Waals surface area contributed by atoms with Crippen LogP contribution < -0.4 is 5.43 Å². The molecule has 1 unspecified atom stereocenters. The van der Waals surface area contributed by atoms with Gasteiger partial charge in [-0.3, -0.25) is 0 Å². The second-order valence-electron chi connectivity index (χ2n) is 4.67. The number of para-hydroxylation sites is 1. The van der Waals surface area contributed by atoms with Gasteiger partial charge in [-0.15, -0.1) is 0 Å². The smallest absolute Gasteiger partial charge is 0.120 e. The van der Waals surface area contributed by atoms with Gasteiger partial charge < -0.3 is 15.6 Å². The number of hydrogen-bond acceptors (Lipinski definition) is 4. The fourth-order valence-electron chi connectivity index (χ4n) is 2.31. The molecule has 0 fully saturated rings. The number of hydrazone groups is 1. The van der Waals surface area contributed by atoms with Crippen LogP contribution in [0.2, 0.25) is 5.02 Å². The first-order chi connectivity index (χ1) is 9.65. The quantitative estimate of drug-likeness (QED) is 0.795. The number of hydrogen-bond donors (Lipinski definition) is 3. The molecule has 0 aliphatic carbocycles. The first-order valence-corrected chi connectivity index (χ1v) is 6.62. The van der Waals surface area contributed by atoms with Crippen molar-refractivity contribution in [2.75, 3.05) is 0 Å². The molecule has 20 heavy (non-hydrogen) atoms. The van der Waals surface area contributed by atoms with E-state index in [1.54, 1.807) is 24.3 Å². The highest BCUT2D eigenvalue weighted by Crippen LogP contribution is 2.32. The zero-order valence-electron chi connectivity index (χ0n) is 10.5. The average molecular weight is 289 g/mol. The monoisotopic (exact) mass is 288 g/mol. The van der Waals surface area contributed by atoms with Gasteiger partial charge in [0.1, 0.15) is 11.5 Å². The summed E-state index contributed by atoms with van der Waals surface area (Å²) >= 11 is 6.13. The Bertz CT molecular complexity index is 685. The Hall–Kier alpha value is -2.20. The zero-order valence-corrected chi connectivity index (χ0v) is 11.3. The largest absolute Gasteiger partial charge is 0.508 e. The van der Waals surface area contributed by atoms with Gasteiger partial charge in [0.25, 0.3) is 0 Å². The van der Waals surface area contributed by atoms with Crippen molar-refractivity contribution in [2.45, 2.75) is 12.5 Å². The molecule has 0 amide bonds. The van der Waals surface area contributed by atoms with Crippen LogP contribution in [0, 0.1) is 0 Å². The number of phenols is 2. The summed E-state index contributed by atoms with van der Waals surface area (Å²) in [7, 11) is 0. The molecule has 1 aliphatic rings. The maximum absolute atomic E-state index is 9.87.